The highest BCUT2D eigenvalue weighted by Crippen LogP contribution is 1.88. The summed E-state index contributed by atoms with van der Waals surface area (Å²) < 4.78 is 5.41. The number of rotatable bonds is 8. The van der Waals surface area contributed by atoms with Gasteiger partial charge in [-0.05, 0) is 32.0 Å². The van der Waals surface area contributed by atoms with E-state index in [1.54, 1.807) is 0 Å². The van der Waals surface area contributed by atoms with E-state index in [0.717, 1.165) is 44.3 Å². The average Bonchev–Trinajstić information content (AvgIpc) is 2.17. The Labute approximate surface area is 92.6 Å². The zero-order valence-corrected chi connectivity index (χ0v) is 10.1. The molecule has 0 aromatic rings. The van der Waals surface area contributed by atoms with Crippen LogP contribution in [-0.2, 0) is 4.74 Å². The summed E-state index contributed by atoms with van der Waals surface area (Å²) in [5, 5.41) is 6.89. The zero-order valence-electron chi connectivity index (χ0n) is 9.27. The van der Waals surface area contributed by atoms with Gasteiger partial charge in [-0.25, -0.2) is 0 Å². The second-order valence-corrected chi connectivity index (χ2v) is 3.51. The standard InChI is InChI=1S/C10H22N2OS/c1-3-5-8-13-9-6-7-12-10(14)11-4-2/h3-9H2,1-2H3,(H2,11,12,14). The summed E-state index contributed by atoms with van der Waals surface area (Å²) in [5.41, 5.74) is 0. The average molecular weight is 218 g/mol. The van der Waals surface area contributed by atoms with Crippen LogP contribution in [0, 0.1) is 0 Å². The fourth-order valence-corrected chi connectivity index (χ4v) is 1.19. The Morgan fingerprint density at radius 3 is 2.50 bits per heavy atom. The van der Waals surface area contributed by atoms with Gasteiger partial charge in [0.15, 0.2) is 5.11 Å². The lowest BCUT2D eigenvalue weighted by molar-refractivity contribution is 0.129. The highest BCUT2D eigenvalue weighted by atomic mass is 32.1. The van der Waals surface area contributed by atoms with Gasteiger partial charge >= 0.3 is 0 Å². The first-order valence-corrected chi connectivity index (χ1v) is 5.81. The molecular formula is C10H22N2OS. The van der Waals surface area contributed by atoms with Crippen LogP contribution in [0.4, 0.5) is 0 Å². The fraction of sp³-hybridized carbons (Fsp3) is 0.900. The van der Waals surface area contributed by atoms with E-state index in [0.29, 0.717) is 0 Å². The summed E-state index contributed by atoms with van der Waals surface area (Å²) in [6.45, 7) is 7.66. The molecule has 0 saturated carbocycles. The molecule has 0 amide bonds. The Bertz CT molecular complexity index is 142. The van der Waals surface area contributed by atoms with Gasteiger partial charge in [-0.15, -0.1) is 0 Å². The highest BCUT2D eigenvalue weighted by molar-refractivity contribution is 7.80. The minimum absolute atomic E-state index is 0.737. The normalized spacial score (nSPS) is 9.86. The van der Waals surface area contributed by atoms with Gasteiger partial charge < -0.3 is 15.4 Å². The van der Waals surface area contributed by atoms with E-state index in [-0.39, 0.29) is 0 Å². The molecule has 0 aliphatic carbocycles. The SMILES string of the molecule is CCCCOCCCNC(=S)NCC. The first-order valence-electron chi connectivity index (χ1n) is 5.40. The zero-order chi connectivity index (χ0) is 10.6. The first kappa shape index (κ1) is 13.7. The van der Waals surface area contributed by atoms with E-state index in [2.05, 4.69) is 17.6 Å². The van der Waals surface area contributed by atoms with Gasteiger partial charge in [-0.2, -0.15) is 0 Å². The molecule has 2 N–H and O–H groups in total. The molecule has 14 heavy (non-hydrogen) atoms. The summed E-state index contributed by atoms with van der Waals surface area (Å²) in [5.74, 6) is 0. The molecule has 0 aromatic carbocycles. The van der Waals surface area contributed by atoms with Crippen molar-refractivity contribution in [1.82, 2.24) is 10.6 Å². The van der Waals surface area contributed by atoms with Crippen molar-refractivity contribution < 1.29 is 4.74 Å². The van der Waals surface area contributed by atoms with Crippen molar-refractivity contribution in [2.24, 2.45) is 0 Å². The third-order valence-corrected chi connectivity index (χ3v) is 2.02. The lowest BCUT2D eigenvalue weighted by atomic mass is 10.4. The number of thiocarbonyl (C=S) groups is 1. The van der Waals surface area contributed by atoms with E-state index in [4.69, 9.17) is 17.0 Å². The van der Waals surface area contributed by atoms with Crippen LogP contribution >= 0.6 is 12.2 Å². The van der Waals surface area contributed by atoms with E-state index in [9.17, 15) is 0 Å². The van der Waals surface area contributed by atoms with Crippen molar-refractivity contribution >= 4 is 17.3 Å². The van der Waals surface area contributed by atoms with E-state index in [1.165, 1.54) is 6.42 Å². The maximum absolute atomic E-state index is 5.41. The molecule has 0 radical (unpaired) electrons. The molecule has 0 rings (SSSR count). The van der Waals surface area contributed by atoms with Crippen LogP contribution in [0.3, 0.4) is 0 Å². The van der Waals surface area contributed by atoms with Crippen LogP contribution in [0.25, 0.3) is 0 Å². The smallest absolute Gasteiger partial charge is 0.166 e. The quantitative estimate of drug-likeness (QED) is 0.480. The maximum atomic E-state index is 5.41. The van der Waals surface area contributed by atoms with E-state index in [1.807, 2.05) is 6.92 Å². The monoisotopic (exact) mass is 218 g/mol. The van der Waals surface area contributed by atoms with Gasteiger partial charge in [0.1, 0.15) is 0 Å². The van der Waals surface area contributed by atoms with Crippen molar-refractivity contribution in [2.75, 3.05) is 26.3 Å². The highest BCUT2D eigenvalue weighted by Gasteiger charge is 1.92. The number of hydrogen-bond acceptors (Lipinski definition) is 2. The molecule has 0 spiro atoms. The van der Waals surface area contributed by atoms with Gasteiger partial charge in [-0.1, -0.05) is 13.3 Å². The lowest BCUT2D eigenvalue weighted by Crippen LogP contribution is -2.35. The van der Waals surface area contributed by atoms with Gasteiger partial charge in [0.2, 0.25) is 0 Å². The van der Waals surface area contributed by atoms with Crippen LogP contribution in [-0.4, -0.2) is 31.4 Å². The molecule has 0 aliphatic rings. The number of unbranched alkanes of at least 4 members (excludes halogenated alkanes) is 1. The van der Waals surface area contributed by atoms with Gasteiger partial charge in [0.25, 0.3) is 0 Å². The van der Waals surface area contributed by atoms with Crippen LogP contribution in [0.1, 0.15) is 33.1 Å². The molecule has 4 heteroatoms. The van der Waals surface area contributed by atoms with Crippen molar-refractivity contribution in [1.29, 1.82) is 0 Å². The predicted molar refractivity (Wildman–Crippen MR) is 64.6 cm³/mol. The fourth-order valence-electron chi connectivity index (χ4n) is 0.948. The Kier molecular flexibility index (Phi) is 10.5. The summed E-state index contributed by atoms with van der Waals surface area (Å²) in [4.78, 5) is 0. The molecule has 3 nitrogen and oxygen atoms in total. The second-order valence-electron chi connectivity index (χ2n) is 3.11. The molecule has 0 aliphatic heterocycles. The minimum atomic E-state index is 0.737. The number of nitrogens with one attached hydrogen (secondary N) is 2. The summed E-state index contributed by atoms with van der Waals surface area (Å²) in [6.07, 6.45) is 3.36. The molecule has 0 unspecified atom stereocenters. The van der Waals surface area contributed by atoms with Crippen LogP contribution in [0.15, 0.2) is 0 Å². The third-order valence-electron chi connectivity index (χ3n) is 1.73. The van der Waals surface area contributed by atoms with Crippen LogP contribution in [0.5, 0.6) is 0 Å². The first-order chi connectivity index (χ1) is 6.81. The predicted octanol–water partition coefficient (Wildman–Crippen LogP) is 1.68. The summed E-state index contributed by atoms with van der Waals surface area (Å²) in [7, 11) is 0. The number of ether oxygens (including phenoxy) is 1. The molecule has 0 heterocycles. The lowest BCUT2D eigenvalue weighted by Gasteiger charge is -2.08. The van der Waals surface area contributed by atoms with Gasteiger partial charge in [0, 0.05) is 26.3 Å². The Hall–Kier alpha value is -0.350. The molecule has 0 bridgehead atoms. The van der Waals surface area contributed by atoms with Crippen molar-refractivity contribution in [2.45, 2.75) is 33.1 Å². The van der Waals surface area contributed by atoms with Gasteiger partial charge in [0.05, 0.1) is 0 Å². The molecule has 0 fully saturated rings. The molecule has 0 aromatic heterocycles. The maximum Gasteiger partial charge on any atom is 0.166 e. The Morgan fingerprint density at radius 1 is 1.14 bits per heavy atom. The Morgan fingerprint density at radius 2 is 1.86 bits per heavy atom. The summed E-state index contributed by atoms with van der Waals surface area (Å²) in [6, 6.07) is 0. The van der Waals surface area contributed by atoms with E-state index < -0.39 is 0 Å². The van der Waals surface area contributed by atoms with Crippen LogP contribution in [0.2, 0.25) is 0 Å². The van der Waals surface area contributed by atoms with Crippen molar-refractivity contribution in [3.8, 4) is 0 Å². The molecule has 0 saturated heterocycles. The van der Waals surface area contributed by atoms with Crippen molar-refractivity contribution in [3.63, 3.8) is 0 Å². The third kappa shape index (κ3) is 9.74. The second kappa shape index (κ2) is 10.7. The van der Waals surface area contributed by atoms with Crippen LogP contribution < -0.4 is 10.6 Å². The van der Waals surface area contributed by atoms with E-state index >= 15 is 0 Å². The largest absolute Gasteiger partial charge is 0.381 e. The Balaban J connectivity index is 3.01. The van der Waals surface area contributed by atoms with Gasteiger partial charge in [-0.3, -0.25) is 0 Å². The van der Waals surface area contributed by atoms with Crippen molar-refractivity contribution in [3.05, 3.63) is 0 Å². The number of hydrogen-bond donors (Lipinski definition) is 2. The summed E-state index contributed by atoms with van der Waals surface area (Å²) >= 11 is 5.01. The molecule has 84 valence electrons. The minimum Gasteiger partial charge on any atom is -0.381 e. The topological polar surface area (TPSA) is 33.3 Å². The molecular weight excluding hydrogens is 196 g/mol. The molecule has 0 atom stereocenters.